The van der Waals surface area contributed by atoms with Crippen molar-refractivity contribution in [2.45, 2.75) is 37.5 Å². The first-order valence-electron chi connectivity index (χ1n) is 5.63. The number of hydrazine groups is 1. The molecule has 0 unspecified atom stereocenters. The summed E-state index contributed by atoms with van der Waals surface area (Å²) in [6.45, 7) is 4.47. The highest BCUT2D eigenvalue weighted by Gasteiger charge is 2.31. The number of nitriles is 1. The second-order valence-electron chi connectivity index (χ2n) is 4.78. The molecule has 1 aliphatic heterocycles. The second kappa shape index (κ2) is 4.76. The predicted molar refractivity (Wildman–Crippen MR) is 71.1 cm³/mol. The Morgan fingerprint density at radius 3 is 2.78 bits per heavy atom. The maximum absolute atomic E-state index is 9.34. The van der Waals surface area contributed by atoms with Crippen molar-refractivity contribution in [1.82, 2.24) is 4.98 Å². The number of pyridine rings is 1. The van der Waals surface area contributed by atoms with Gasteiger partial charge in [0.2, 0.25) is 0 Å². The standard InChI is InChI=1S/C12H16N4OS/c1-12(2)4-7-8(5-13)11(18-3)15-10(16-14)9(7)6-17-12/h4,6,14H2,1-3H3,(H,15,16). The average molecular weight is 264 g/mol. The lowest BCUT2D eigenvalue weighted by Gasteiger charge is -2.33. The summed E-state index contributed by atoms with van der Waals surface area (Å²) in [5.74, 6) is 6.10. The minimum absolute atomic E-state index is 0.262. The minimum Gasteiger partial charge on any atom is -0.370 e. The summed E-state index contributed by atoms with van der Waals surface area (Å²) in [5.41, 5.74) is 4.87. The first-order chi connectivity index (χ1) is 8.52. The van der Waals surface area contributed by atoms with Crippen LogP contribution in [0.2, 0.25) is 0 Å². The van der Waals surface area contributed by atoms with Gasteiger partial charge < -0.3 is 10.2 Å². The van der Waals surface area contributed by atoms with Crippen molar-refractivity contribution in [3.05, 3.63) is 16.7 Å². The van der Waals surface area contributed by atoms with Gasteiger partial charge in [0.25, 0.3) is 0 Å². The topological polar surface area (TPSA) is 84.0 Å². The number of ether oxygens (including phenoxy) is 1. The number of nitrogens with zero attached hydrogens (tertiary/aromatic N) is 2. The zero-order valence-corrected chi connectivity index (χ0v) is 11.5. The molecule has 0 saturated heterocycles. The number of hydrogen-bond donors (Lipinski definition) is 2. The number of aromatic nitrogens is 1. The third kappa shape index (κ3) is 2.17. The van der Waals surface area contributed by atoms with Crippen molar-refractivity contribution < 1.29 is 4.74 Å². The van der Waals surface area contributed by atoms with E-state index >= 15 is 0 Å². The molecule has 2 heterocycles. The number of hydrogen-bond acceptors (Lipinski definition) is 6. The molecule has 0 aliphatic carbocycles. The Labute approximate surface area is 111 Å². The molecule has 0 aromatic carbocycles. The zero-order chi connectivity index (χ0) is 13.3. The molecule has 1 aromatic heterocycles. The SMILES string of the molecule is CSc1nc(NN)c2c(c1C#N)CC(C)(C)OC2. The Bertz CT molecular complexity index is 522. The molecule has 5 nitrogen and oxygen atoms in total. The predicted octanol–water partition coefficient (Wildman–Crippen LogP) is 1.81. The fraction of sp³-hybridized carbons (Fsp3) is 0.500. The van der Waals surface area contributed by atoms with Crippen LogP contribution in [-0.4, -0.2) is 16.8 Å². The lowest BCUT2D eigenvalue weighted by Crippen LogP contribution is -2.33. The van der Waals surface area contributed by atoms with Crippen LogP contribution in [0.3, 0.4) is 0 Å². The molecule has 0 amide bonds. The van der Waals surface area contributed by atoms with Gasteiger partial charge in [-0.2, -0.15) is 5.26 Å². The molecular formula is C12H16N4OS. The lowest BCUT2D eigenvalue weighted by molar-refractivity contribution is -0.0401. The number of rotatable bonds is 2. The molecule has 0 atom stereocenters. The fourth-order valence-electron chi connectivity index (χ4n) is 2.13. The Morgan fingerprint density at radius 2 is 2.22 bits per heavy atom. The molecule has 2 rings (SSSR count). The van der Waals surface area contributed by atoms with Gasteiger partial charge in [-0.25, -0.2) is 10.8 Å². The summed E-state index contributed by atoms with van der Waals surface area (Å²) in [4.78, 5) is 4.37. The van der Waals surface area contributed by atoms with Crippen molar-refractivity contribution >= 4 is 17.6 Å². The largest absolute Gasteiger partial charge is 0.370 e. The van der Waals surface area contributed by atoms with E-state index < -0.39 is 0 Å². The Balaban J connectivity index is 2.66. The Kier molecular flexibility index (Phi) is 3.48. The monoisotopic (exact) mass is 264 g/mol. The normalized spacial score (nSPS) is 16.8. The fourth-order valence-corrected chi connectivity index (χ4v) is 2.68. The minimum atomic E-state index is -0.262. The van der Waals surface area contributed by atoms with Crippen LogP contribution in [0.25, 0.3) is 0 Å². The van der Waals surface area contributed by atoms with Gasteiger partial charge in [-0.1, -0.05) is 0 Å². The maximum atomic E-state index is 9.34. The van der Waals surface area contributed by atoms with Gasteiger partial charge in [0, 0.05) is 12.0 Å². The van der Waals surface area contributed by atoms with Crippen LogP contribution in [0, 0.1) is 11.3 Å². The number of thioether (sulfide) groups is 1. The zero-order valence-electron chi connectivity index (χ0n) is 10.7. The van der Waals surface area contributed by atoms with Gasteiger partial charge in [0.1, 0.15) is 16.9 Å². The van der Waals surface area contributed by atoms with Crippen molar-refractivity contribution in [1.29, 1.82) is 5.26 Å². The van der Waals surface area contributed by atoms with E-state index in [2.05, 4.69) is 16.5 Å². The van der Waals surface area contributed by atoms with Crippen molar-refractivity contribution in [2.24, 2.45) is 5.84 Å². The number of nitrogens with two attached hydrogens (primary N) is 1. The van der Waals surface area contributed by atoms with E-state index in [0.29, 0.717) is 29.4 Å². The highest BCUT2D eigenvalue weighted by Crippen LogP contribution is 2.36. The van der Waals surface area contributed by atoms with E-state index in [9.17, 15) is 5.26 Å². The van der Waals surface area contributed by atoms with Crippen LogP contribution in [-0.2, 0) is 17.8 Å². The number of fused-ring (bicyclic) bond motifs is 1. The molecule has 1 aliphatic rings. The summed E-state index contributed by atoms with van der Waals surface area (Å²) in [6, 6.07) is 2.26. The number of nitrogens with one attached hydrogen (secondary N) is 1. The van der Waals surface area contributed by atoms with E-state index in [-0.39, 0.29) is 5.60 Å². The van der Waals surface area contributed by atoms with E-state index in [1.165, 1.54) is 11.8 Å². The molecule has 96 valence electrons. The highest BCUT2D eigenvalue weighted by molar-refractivity contribution is 7.98. The van der Waals surface area contributed by atoms with E-state index in [1.807, 2.05) is 20.1 Å². The molecule has 0 saturated carbocycles. The van der Waals surface area contributed by atoms with Gasteiger partial charge in [0.15, 0.2) is 0 Å². The Morgan fingerprint density at radius 1 is 1.50 bits per heavy atom. The summed E-state index contributed by atoms with van der Waals surface area (Å²) in [5, 5.41) is 10.1. The van der Waals surface area contributed by atoms with E-state index in [0.717, 1.165) is 11.1 Å². The number of nitrogen functional groups attached to an aromatic ring is 1. The van der Waals surface area contributed by atoms with Crippen molar-refractivity contribution in [2.75, 3.05) is 11.7 Å². The highest BCUT2D eigenvalue weighted by atomic mass is 32.2. The van der Waals surface area contributed by atoms with Gasteiger partial charge >= 0.3 is 0 Å². The molecule has 1 aromatic rings. The molecule has 0 spiro atoms. The molecule has 0 bridgehead atoms. The van der Waals surface area contributed by atoms with Crippen LogP contribution in [0.1, 0.15) is 30.5 Å². The van der Waals surface area contributed by atoms with E-state index in [1.54, 1.807) is 0 Å². The first kappa shape index (κ1) is 13.1. The van der Waals surface area contributed by atoms with Crippen LogP contribution in [0.4, 0.5) is 5.82 Å². The maximum Gasteiger partial charge on any atom is 0.147 e. The smallest absolute Gasteiger partial charge is 0.147 e. The molecule has 0 radical (unpaired) electrons. The average Bonchev–Trinajstić information content (AvgIpc) is 2.35. The van der Waals surface area contributed by atoms with Gasteiger partial charge in [0.05, 0.1) is 17.8 Å². The van der Waals surface area contributed by atoms with Crippen molar-refractivity contribution in [3.63, 3.8) is 0 Å². The molecule has 3 N–H and O–H groups in total. The summed E-state index contributed by atoms with van der Waals surface area (Å²) in [7, 11) is 0. The second-order valence-corrected chi connectivity index (χ2v) is 5.58. The molecule has 18 heavy (non-hydrogen) atoms. The van der Waals surface area contributed by atoms with Gasteiger partial charge in [-0.3, -0.25) is 0 Å². The summed E-state index contributed by atoms with van der Waals surface area (Å²) < 4.78 is 5.76. The Hall–Kier alpha value is -1.29. The molecule has 0 fully saturated rings. The van der Waals surface area contributed by atoms with Crippen LogP contribution < -0.4 is 11.3 Å². The van der Waals surface area contributed by atoms with E-state index in [4.69, 9.17) is 10.6 Å². The third-order valence-corrected chi connectivity index (χ3v) is 3.71. The summed E-state index contributed by atoms with van der Waals surface area (Å²) >= 11 is 1.45. The van der Waals surface area contributed by atoms with Crippen LogP contribution in [0.15, 0.2) is 5.03 Å². The molecule has 6 heteroatoms. The quantitative estimate of drug-likeness (QED) is 0.481. The molecular weight excluding hydrogens is 248 g/mol. The lowest BCUT2D eigenvalue weighted by atomic mass is 9.89. The van der Waals surface area contributed by atoms with Gasteiger partial charge in [-0.05, 0) is 25.7 Å². The van der Waals surface area contributed by atoms with Gasteiger partial charge in [-0.15, -0.1) is 11.8 Å². The van der Waals surface area contributed by atoms with Crippen LogP contribution in [0.5, 0.6) is 0 Å². The van der Waals surface area contributed by atoms with Crippen molar-refractivity contribution in [3.8, 4) is 6.07 Å². The van der Waals surface area contributed by atoms with Crippen LogP contribution >= 0.6 is 11.8 Å². The summed E-state index contributed by atoms with van der Waals surface area (Å²) in [6.07, 6.45) is 2.59. The third-order valence-electron chi connectivity index (χ3n) is 3.03. The number of anilines is 1. The first-order valence-corrected chi connectivity index (χ1v) is 6.85.